The van der Waals surface area contributed by atoms with E-state index in [-0.39, 0.29) is 11.3 Å². The number of rotatable bonds is 6. The van der Waals surface area contributed by atoms with Crippen LogP contribution in [-0.2, 0) is 0 Å². The molecule has 1 atom stereocenters. The second kappa shape index (κ2) is 7.06. The van der Waals surface area contributed by atoms with Gasteiger partial charge in [-0.15, -0.1) is 5.10 Å². The van der Waals surface area contributed by atoms with E-state index in [1.54, 1.807) is 25.1 Å². The minimum Gasteiger partial charge on any atom is -0.393 e. The number of hydrogen-bond donors (Lipinski definition) is 2. The molecule has 7 nitrogen and oxygen atoms in total. The molecule has 0 aliphatic rings. The van der Waals surface area contributed by atoms with E-state index in [4.69, 9.17) is 11.6 Å². The van der Waals surface area contributed by atoms with Gasteiger partial charge in [-0.2, -0.15) is 0 Å². The Morgan fingerprint density at radius 1 is 1.48 bits per heavy atom. The highest BCUT2D eigenvalue weighted by atomic mass is 35.5. The van der Waals surface area contributed by atoms with Gasteiger partial charge in [0.1, 0.15) is 6.33 Å². The zero-order chi connectivity index (χ0) is 17.0. The van der Waals surface area contributed by atoms with Gasteiger partial charge in [0, 0.05) is 6.54 Å². The Kier molecular flexibility index (Phi) is 5.33. The van der Waals surface area contributed by atoms with Crippen molar-refractivity contribution in [3.63, 3.8) is 0 Å². The quantitative estimate of drug-likeness (QED) is 0.839. The number of nitrogens with one attached hydrogen (secondary N) is 1. The molecule has 1 aromatic carbocycles. The SMILES string of the molecule is CC(O)CC(C)(C)CNC(=O)c1ccc(-n2cnnn2)cc1Cl. The van der Waals surface area contributed by atoms with Gasteiger partial charge in [-0.3, -0.25) is 4.79 Å². The lowest BCUT2D eigenvalue weighted by molar-refractivity contribution is 0.0902. The molecule has 1 heterocycles. The van der Waals surface area contributed by atoms with Crippen LogP contribution in [0.3, 0.4) is 0 Å². The number of aromatic nitrogens is 4. The molecule has 8 heteroatoms. The summed E-state index contributed by atoms with van der Waals surface area (Å²) in [6.07, 6.45) is 1.63. The van der Waals surface area contributed by atoms with Crippen molar-refractivity contribution in [2.75, 3.05) is 6.54 Å². The van der Waals surface area contributed by atoms with Crippen molar-refractivity contribution in [2.24, 2.45) is 5.41 Å². The molecule has 0 fully saturated rings. The molecule has 1 amide bonds. The number of carbonyl (C=O) groups is 1. The standard InChI is InChI=1S/C15H20ClN5O2/c1-10(22)7-15(2,3)8-17-14(23)12-5-4-11(6-13(12)16)21-9-18-19-20-21/h4-6,9-10,22H,7-8H2,1-3H3,(H,17,23). The summed E-state index contributed by atoms with van der Waals surface area (Å²) in [5, 5.41) is 23.5. The number of aliphatic hydroxyl groups excluding tert-OH is 1. The third-order valence-corrected chi connectivity index (χ3v) is 3.70. The summed E-state index contributed by atoms with van der Waals surface area (Å²) in [5.74, 6) is -0.253. The predicted molar refractivity (Wildman–Crippen MR) is 86.6 cm³/mol. The topological polar surface area (TPSA) is 92.9 Å². The van der Waals surface area contributed by atoms with Crippen LogP contribution >= 0.6 is 11.6 Å². The highest BCUT2D eigenvalue weighted by Gasteiger charge is 2.22. The fourth-order valence-electron chi connectivity index (χ4n) is 2.40. The molecule has 0 aliphatic heterocycles. The molecule has 124 valence electrons. The number of carbonyl (C=O) groups excluding carboxylic acids is 1. The summed E-state index contributed by atoms with van der Waals surface area (Å²) in [5.41, 5.74) is 0.852. The van der Waals surface area contributed by atoms with Crippen molar-refractivity contribution in [1.29, 1.82) is 0 Å². The third-order valence-electron chi connectivity index (χ3n) is 3.39. The van der Waals surface area contributed by atoms with Crippen molar-refractivity contribution in [1.82, 2.24) is 25.5 Å². The van der Waals surface area contributed by atoms with Gasteiger partial charge in [0.25, 0.3) is 5.91 Å². The van der Waals surface area contributed by atoms with E-state index in [9.17, 15) is 9.90 Å². The van der Waals surface area contributed by atoms with Crippen LogP contribution in [0.4, 0.5) is 0 Å². The lowest BCUT2D eigenvalue weighted by Crippen LogP contribution is -2.35. The summed E-state index contributed by atoms with van der Waals surface area (Å²) in [4.78, 5) is 12.3. The number of nitrogens with zero attached hydrogens (tertiary/aromatic N) is 4. The molecule has 2 N–H and O–H groups in total. The molecule has 1 aromatic heterocycles. The van der Waals surface area contributed by atoms with E-state index in [2.05, 4.69) is 20.8 Å². The highest BCUT2D eigenvalue weighted by molar-refractivity contribution is 6.34. The van der Waals surface area contributed by atoms with Crippen LogP contribution in [0.15, 0.2) is 24.5 Å². The summed E-state index contributed by atoms with van der Waals surface area (Å²) in [7, 11) is 0. The van der Waals surface area contributed by atoms with E-state index in [0.717, 1.165) is 0 Å². The molecule has 2 aromatic rings. The predicted octanol–water partition coefficient (Wildman–Crippen LogP) is 1.84. The number of amides is 1. The number of tetrazole rings is 1. The molecule has 23 heavy (non-hydrogen) atoms. The van der Waals surface area contributed by atoms with Crippen molar-refractivity contribution in [3.8, 4) is 5.69 Å². The molecule has 2 rings (SSSR count). The van der Waals surface area contributed by atoms with E-state index in [1.165, 1.54) is 11.0 Å². The van der Waals surface area contributed by atoms with Crippen LogP contribution in [0.2, 0.25) is 5.02 Å². The van der Waals surface area contributed by atoms with Gasteiger partial charge in [0.05, 0.1) is 22.4 Å². The molecule has 0 radical (unpaired) electrons. The van der Waals surface area contributed by atoms with Crippen LogP contribution in [0.1, 0.15) is 37.6 Å². The molecule has 0 aliphatic carbocycles. The number of benzene rings is 1. The normalized spacial score (nSPS) is 12.9. The lowest BCUT2D eigenvalue weighted by Gasteiger charge is -2.26. The smallest absolute Gasteiger partial charge is 0.252 e. The van der Waals surface area contributed by atoms with E-state index >= 15 is 0 Å². The maximum Gasteiger partial charge on any atom is 0.252 e. The van der Waals surface area contributed by atoms with Crippen molar-refractivity contribution in [3.05, 3.63) is 35.1 Å². The molecule has 0 spiro atoms. The minimum absolute atomic E-state index is 0.206. The Balaban J connectivity index is 2.05. The van der Waals surface area contributed by atoms with Gasteiger partial charge in [-0.1, -0.05) is 25.4 Å². The third kappa shape index (κ3) is 4.74. The fraction of sp³-hybridized carbons (Fsp3) is 0.467. The van der Waals surface area contributed by atoms with Crippen LogP contribution < -0.4 is 5.32 Å². The maximum atomic E-state index is 12.3. The van der Waals surface area contributed by atoms with Gasteiger partial charge in [-0.05, 0) is 47.4 Å². The summed E-state index contributed by atoms with van der Waals surface area (Å²) in [6, 6.07) is 4.99. The summed E-state index contributed by atoms with van der Waals surface area (Å²) >= 11 is 6.19. The fourth-order valence-corrected chi connectivity index (χ4v) is 2.66. The van der Waals surface area contributed by atoms with Gasteiger partial charge >= 0.3 is 0 Å². The van der Waals surface area contributed by atoms with Gasteiger partial charge in [0.2, 0.25) is 0 Å². The second-order valence-electron chi connectivity index (χ2n) is 6.32. The number of hydrogen-bond acceptors (Lipinski definition) is 5. The van der Waals surface area contributed by atoms with E-state index in [1.807, 2.05) is 13.8 Å². The molecular weight excluding hydrogens is 318 g/mol. The first-order valence-electron chi connectivity index (χ1n) is 7.28. The lowest BCUT2D eigenvalue weighted by atomic mass is 9.87. The Morgan fingerprint density at radius 3 is 2.78 bits per heavy atom. The Labute approximate surface area is 139 Å². The molecular formula is C15H20ClN5O2. The first-order chi connectivity index (χ1) is 10.8. The molecule has 0 bridgehead atoms. The molecule has 1 unspecified atom stereocenters. The molecule has 0 saturated carbocycles. The maximum absolute atomic E-state index is 12.3. The minimum atomic E-state index is -0.416. The first kappa shape index (κ1) is 17.4. The number of halogens is 1. The van der Waals surface area contributed by atoms with Gasteiger partial charge < -0.3 is 10.4 Å². The zero-order valence-electron chi connectivity index (χ0n) is 13.3. The van der Waals surface area contributed by atoms with Crippen molar-refractivity contribution < 1.29 is 9.90 Å². The van der Waals surface area contributed by atoms with Crippen LogP contribution in [0.25, 0.3) is 5.69 Å². The monoisotopic (exact) mass is 337 g/mol. The largest absolute Gasteiger partial charge is 0.393 e. The second-order valence-corrected chi connectivity index (χ2v) is 6.73. The molecule has 0 saturated heterocycles. The highest BCUT2D eigenvalue weighted by Crippen LogP contribution is 2.23. The number of aliphatic hydroxyl groups is 1. The average molecular weight is 338 g/mol. The summed E-state index contributed by atoms with van der Waals surface area (Å²) in [6.45, 7) is 6.16. The zero-order valence-corrected chi connectivity index (χ0v) is 14.1. The van der Waals surface area contributed by atoms with E-state index < -0.39 is 6.10 Å². The van der Waals surface area contributed by atoms with Crippen LogP contribution in [0, 0.1) is 5.41 Å². The Bertz CT molecular complexity index is 671. The Morgan fingerprint density at radius 2 is 2.22 bits per heavy atom. The van der Waals surface area contributed by atoms with Crippen LogP contribution in [-0.4, -0.2) is 43.9 Å². The van der Waals surface area contributed by atoms with Gasteiger partial charge in [-0.25, -0.2) is 4.68 Å². The first-order valence-corrected chi connectivity index (χ1v) is 7.65. The van der Waals surface area contributed by atoms with Gasteiger partial charge in [0.15, 0.2) is 0 Å². The van der Waals surface area contributed by atoms with E-state index in [0.29, 0.717) is 29.2 Å². The van der Waals surface area contributed by atoms with Crippen molar-refractivity contribution in [2.45, 2.75) is 33.3 Å². The average Bonchev–Trinajstić information content (AvgIpc) is 2.97. The van der Waals surface area contributed by atoms with Crippen molar-refractivity contribution >= 4 is 17.5 Å². The summed E-state index contributed by atoms with van der Waals surface area (Å²) < 4.78 is 1.46. The van der Waals surface area contributed by atoms with Crippen LogP contribution in [0.5, 0.6) is 0 Å². The Hall–Kier alpha value is -1.99.